The van der Waals surface area contributed by atoms with E-state index < -0.39 is 0 Å². The van der Waals surface area contributed by atoms with E-state index in [1.54, 1.807) is 24.5 Å². The number of carbonyl (C=O) groups is 2. The minimum Gasteiger partial charge on any atom is -0.481 e. The van der Waals surface area contributed by atoms with Crippen LogP contribution < -0.4 is 10.1 Å². The molecule has 3 atom stereocenters. The van der Waals surface area contributed by atoms with Crippen LogP contribution in [0.3, 0.4) is 0 Å². The van der Waals surface area contributed by atoms with Crippen molar-refractivity contribution in [3.05, 3.63) is 54.3 Å². The molecule has 0 aromatic carbocycles. The Hall–Kier alpha value is -3.82. The fourth-order valence-electron chi connectivity index (χ4n) is 5.17. The van der Waals surface area contributed by atoms with E-state index in [4.69, 9.17) is 9.26 Å². The van der Waals surface area contributed by atoms with Crippen molar-refractivity contribution < 1.29 is 18.8 Å². The maximum atomic E-state index is 13.7. The molecular weight excluding hydrogens is 460 g/mol. The van der Waals surface area contributed by atoms with Gasteiger partial charge < -0.3 is 19.5 Å². The zero-order chi connectivity index (χ0) is 24.9. The molecule has 0 radical (unpaired) electrons. The second-order valence-electron chi connectivity index (χ2n) is 9.33. The van der Waals surface area contributed by atoms with Crippen LogP contribution in [-0.2, 0) is 4.79 Å². The number of nitrogens with one attached hydrogen (secondary N) is 1. The monoisotopic (exact) mass is 490 g/mol. The first kappa shape index (κ1) is 23.9. The third kappa shape index (κ3) is 5.07. The SMILES string of the molecule is COc1ccc(C(=O)N2CCCCCCNC(=O)[C@@H]3C[C@@H](c4nc(-c5cccnc5)no4)C[C@@H]32)cn1. The summed E-state index contributed by atoms with van der Waals surface area (Å²) in [5.74, 6) is 0.751. The fourth-order valence-corrected chi connectivity index (χ4v) is 5.17. The van der Waals surface area contributed by atoms with E-state index in [1.165, 1.54) is 13.3 Å². The van der Waals surface area contributed by atoms with Crippen LogP contribution >= 0.6 is 0 Å². The van der Waals surface area contributed by atoms with Gasteiger partial charge in [-0.15, -0.1) is 0 Å². The Morgan fingerprint density at radius 3 is 2.81 bits per heavy atom. The first-order valence-electron chi connectivity index (χ1n) is 12.5. The van der Waals surface area contributed by atoms with Crippen LogP contribution in [0.4, 0.5) is 0 Å². The molecule has 1 saturated carbocycles. The van der Waals surface area contributed by atoms with Gasteiger partial charge in [0.2, 0.25) is 23.5 Å². The smallest absolute Gasteiger partial charge is 0.255 e. The van der Waals surface area contributed by atoms with E-state index in [1.807, 2.05) is 17.0 Å². The third-order valence-corrected chi connectivity index (χ3v) is 7.06. The molecule has 1 N–H and O–H groups in total. The van der Waals surface area contributed by atoms with Gasteiger partial charge >= 0.3 is 0 Å². The highest BCUT2D eigenvalue weighted by Gasteiger charge is 2.45. The van der Waals surface area contributed by atoms with Crippen molar-refractivity contribution in [2.45, 2.75) is 50.5 Å². The zero-order valence-electron chi connectivity index (χ0n) is 20.3. The Bertz CT molecular complexity index is 1180. The largest absolute Gasteiger partial charge is 0.481 e. The molecule has 10 heteroatoms. The highest BCUT2D eigenvalue weighted by molar-refractivity contribution is 5.94. The molecule has 0 bridgehead atoms. The molecule has 1 saturated heterocycles. The summed E-state index contributed by atoms with van der Waals surface area (Å²) in [6, 6.07) is 6.81. The van der Waals surface area contributed by atoms with Gasteiger partial charge in [0.15, 0.2) is 0 Å². The van der Waals surface area contributed by atoms with Crippen molar-refractivity contribution in [2.24, 2.45) is 5.92 Å². The maximum absolute atomic E-state index is 13.7. The lowest BCUT2D eigenvalue weighted by Gasteiger charge is -2.32. The fraction of sp³-hybridized carbons (Fsp3) is 0.462. The maximum Gasteiger partial charge on any atom is 0.255 e. The quantitative estimate of drug-likeness (QED) is 0.591. The first-order valence-corrected chi connectivity index (χ1v) is 12.5. The Morgan fingerprint density at radius 1 is 1.14 bits per heavy atom. The van der Waals surface area contributed by atoms with E-state index in [0.29, 0.717) is 49.1 Å². The minimum absolute atomic E-state index is 0.0259. The van der Waals surface area contributed by atoms with Crippen molar-refractivity contribution in [1.82, 2.24) is 30.3 Å². The van der Waals surface area contributed by atoms with E-state index in [9.17, 15) is 9.59 Å². The van der Waals surface area contributed by atoms with E-state index in [-0.39, 0.29) is 29.7 Å². The predicted octanol–water partition coefficient (Wildman–Crippen LogP) is 3.23. The van der Waals surface area contributed by atoms with Gasteiger partial charge in [-0.25, -0.2) is 4.98 Å². The predicted molar refractivity (Wildman–Crippen MR) is 130 cm³/mol. The van der Waals surface area contributed by atoms with Crippen molar-refractivity contribution in [3.63, 3.8) is 0 Å². The molecule has 2 aliphatic rings. The molecule has 1 aliphatic carbocycles. The summed E-state index contributed by atoms with van der Waals surface area (Å²) in [5.41, 5.74) is 1.24. The second-order valence-corrected chi connectivity index (χ2v) is 9.33. The Balaban J connectivity index is 1.43. The molecule has 188 valence electrons. The Kier molecular flexibility index (Phi) is 7.20. The number of methoxy groups -OCH3 is 1. The molecule has 2 fully saturated rings. The first-order chi connectivity index (χ1) is 17.6. The van der Waals surface area contributed by atoms with Gasteiger partial charge in [0.25, 0.3) is 5.91 Å². The van der Waals surface area contributed by atoms with Crippen LogP contribution in [0.25, 0.3) is 11.4 Å². The molecular formula is C26H30N6O4. The van der Waals surface area contributed by atoms with Crippen LogP contribution in [0.15, 0.2) is 47.4 Å². The summed E-state index contributed by atoms with van der Waals surface area (Å²) < 4.78 is 10.8. The number of ether oxygens (including phenoxy) is 1. The molecule has 0 spiro atoms. The number of hydrogen-bond donors (Lipinski definition) is 1. The normalized spacial score (nSPS) is 22.9. The number of aromatic nitrogens is 4. The molecule has 36 heavy (non-hydrogen) atoms. The van der Waals surface area contributed by atoms with E-state index in [2.05, 4.69) is 25.4 Å². The lowest BCUT2D eigenvalue weighted by Crippen LogP contribution is -2.47. The van der Waals surface area contributed by atoms with Gasteiger partial charge in [-0.3, -0.25) is 14.6 Å². The van der Waals surface area contributed by atoms with Crippen molar-refractivity contribution in [1.29, 1.82) is 0 Å². The number of carbonyl (C=O) groups excluding carboxylic acids is 2. The second kappa shape index (κ2) is 10.8. The summed E-state index contributed by atoms with van der Waals surface area (Å²) in [7, 11) is 1.54. The third-order valence-electron chi connectivity index (χ3n) is 7.06. The summed E-state index contributed by atoms with van der Waals surface area (Å²) in [5, 5.41) is 7.23. The molecule has 3 aromatic heterocycles. The number of rotatable bonds is 4. The summed E-state index contributed by atoms with van der Waals surface area (Å²) in [6.07, 6.45) is 9.84. The summed E-state index contributed by atoms with van der Waals surface area (Å²) >= 11 is 0. The van der Waals surface area contributed by atoms with Crippen LogP contribution in [0, 0.1) is 5.92 Å². The van der Waals surface area contributed by atoms with Gasteiger partial charge in [0.05, 0.1) is 18.6 Å². The number of fused-ring (bicyclic) bond motifs is 1. The Labute approximate surface area is 209 Å². The van der Waals surface area contributed by atoms with Crippen LogP contribution in [0.5, 0.6) is 5.88 Å². The number of pyridine rings is 2. The topological polar surface area (TPSA) is 123 Å². The van der Waals surface area contributed by atoms with Crippen LogP contribution in [0.2, 0.25) is 0 Å². The molecule has 10 nitrogen and oxygen atoms in total. The number of nitrogens with zero attached hydrogens (tertiary/aromatic N) is 5. The molecule has 1 aliphatic heterocycles. The van der Waals surface area contributed by atoms with Crippen LogP contribution in [-0.4, -0.2) is 63.1 Å². The van der Waals surface area contributed by atoms with Gasteiger partial charge in [-0.1, -0.05) is 18.0 Å². The van der Waals surface area contributed by atoms with Crippen molar-refractivity contribution in [3.8, 4) is 17.3 Å². The zero-order valence-corrected chi connectivity index (χ0v) is 20.3. The van der Waals surface area contributed by atoms with Gasteiger partial charge in [0.1, 0.15) is 0 Å². The minimum atomic E-state index is -0.364. The van der Waals surface area contributed by atoms with E-state index in [0.717, 1.165) is 31.2 Å². The Morgan fingerprint density at radius 2 is 2.03 bits per heavy atom. The standard InChI is InChI=1S/C26H30N6O4/c1-35-22-9-8-18(16-29-22)26(34)32-12-5-3-2-4-11-28-24(33)20-13-19(14-21(20)32)25-30-23(31-36-25)17-7-6-10-27-15-17/h6-10,15-16,19-21H,2-5,11-14H2,1H3,(H,28,33)/t19-,20-,21+/m1/s1. The molecule has 4 heterocycles. The lowest BCUT2D eigenvalue weighted by molar-refractivity contribution is -0.126. The average Bonchev–Trinajstić information content (AvgIpc) is 3.58. The summed E-state index contributed by atoms with van der Waals surface area (Å²) in [6.45, 7) is 1.23. The van der Waals surface area contributed by atoms with E-state index >= 15 is 0 Å². The van der Waals surface area contributed by atoms with Crippen molar-refractivity contribution in [2.75, 3.05) is 20.2 Å². The molecule has 2 amide bonds. The number of hydrogen-bond acceptors (Lipinski definition) is 8. The number of amides is 2. The molecule has 5 rings (SSSR count). The van der Waals surface area contributed by atoms with Crippen LogP contribution in [0.1, 0.15) is 60.7 Å². The average molecular weight is 491 g/mol. The highest BCUT2D eigenvalue weighted by Crippen LogP contribution is 2.42. The van der Waals surface area contributed by atoms with Gasteiger partial charge in [0, 0.05) is 55.3 Å². The lowest BCUT2D eigenvalue weighted by atomic mass is 9.99. The molecule has 0 unspecified atom stereocenters. The van der Waals surface area contributed by atoms with Crippen molar-refractivity contribution >= 4 is 11.8 Å². The highest BCUT2D eigenvalue weighted by atomic mass is 16.5. The molecule has 3 aromatic rings. The summed E-state index contributed by atoms with van der Waals surface area (Å²) in [4.78, 5) is 41.8. The van der Waals surface area contributed by atoms with Gasteiger partial charge in [-0.2, -0.15) is 4.98 Å². The van der Waals surface area contributed by atoms with Gasteiger partial charge in [-0.05, 0) is 43.9 Å².